The van der Waals surface area contributed by atoms with E-state index in [9.17, 15) is 4.79 Å². The molecule has 0 aliphatic heterocycles. The minimum absolute atomic E-state index is 0.106. The molecule has 0 bridgehead atoms. The lowest BCUT2D eigenvalue weighted by molar-refractivity contribution is -0.115. The molecular weight excluding hydrogens is 366 g/mol. The van der Waals surface area contributed by atoms with Crippen LogP contribution in [0.5, 0.6) is 0 Å². The molecule has 0 aliphatic carbocycles. The number of anilines is 3. The highest BCUT2D eigenvalue weighted by molar-refractivity contribution is 7.18. The van der Waals surface area contributed by atoms with Crippen LogP contribution < -0.4 is 10.6 Å². The molecule has 0 saturated heterocycles. The van der Waals surface area contributed by atoms with Crippen molar-refractivity contribution in [2.45, 2.75) is 13.3 Å². The predicted octanol–water partition coefficient (Wildman–Crippen LogP) is 4.38. The van der Waals surface area contributed by atoms with Crippen molar-refractivity contribution in [3.63, 3.8) is 0 Å². The van der Waals surface area contributed by atoms with Crippen LogP contribution >= 0.6 is 22.7 Å². The van der Waals surface area contributed by atoms with E-state index in [1.54, 1.807) is 17.5 Å². The fraction of sp³-hybridized carbons (Fsp3) is 0.111. The average Bonchev–Trinajstić information content (AvgIpc) is 3.20. The summed E-state index contributed by atoms with van der Waals surface area (Å²) in [6.07, 6.45) is 1.93. The number of fused-ring (bicyclic) bond motifs is 1. The van der Waals surface area contributed by atoms with Crippen LogP contribution in [0.4, 0.5) is 16.6 Å². The van der Waals surface area contributed by atoms with Crippen LogP contribution in [0.1, 0.15) is 10.7 Å². The van der Waals surface area contributed by atoms with Crippen LogP contribution in [0.3, 0.4) is 0 Å². The SMILES string of the molecule is Cc1nc2cc(NC(=O)Cc3csc(Nc4ccccn4)n3)ccc2s1. The highest BCUT2D eigenvalue weighted by atomic mass is 32.1. The van der Waals surface area contributed by atoms with Gasteiger partial charge in [0.1, 0.15) is 5.82 Å². The van der Waals surface area contributed by atoms with Gasteiger partial charge in [0, 0.05) is 17.3 Å². The lowest BCUT2D eigenvalue weighted by Gasteiger charge is -2.04. The topological polar surface area (TPSA) is 79.8 Å². The quantitative estimate of drug-likeness (QED) is 0.536. The van der Waals surface area contributed by atoms with Gasteiger partial charge < -0.3 is 10.6 Å². The minimum atomic E-state index is -0.106. The summed E-state index contributed by atoms with van der Waals surface area (Å²) in [5.74, 6) is 0.621. The number of carbonyl (C=O) groups excluding carboxylic acids is 1. The monoisotopic (exact) mass is 381 g/mol. The zero-order chi connectivity index (χ0) is 17.9. The third-order valence-corrected chi connectivity index (χ3v) is 5.33. The summed E-state index contributed by atoms with van der Waals surface area (Å²) >= 11 is 3.09. The van der Waals surface area contributed by atoms with Crippen LogP contribution in [-0.2, 0) is 11.2 Å². The Hall–Kier alpha value is -2.84. The molecule has 0 atom stereocenters. The van der Waals surface area contributed by atoms with E-state index in [-0.39, 0.29) is 12.3 Å². The summed E-state index contributed by atoms with van der Waals surface area (Å²) in [6, 6.07) is 11.4. The van der Waals surface area contributed by atoms with Gasteiger partial charge in [-0.05, 0) is 37.3 Å². The van der Waals surface area contributed by atoms with Gasteiger partial charge in [-0.25, -0.2) is 15.0 Å². The molecule has 0 unspecified atom stereocenters. The van der Waals surface area contributed by atoms with E-state index in [1.807, 2.05) is 48.7 Å². The van der Waals surface area contributed by atoms with E-state index in [2.05, 4.69) is 25.6 Å². The molecule has 0 saturated carbocycles. The van der Waals surface area contributed by atoms with Crippen molar-refractivity contribution in [3.05, 3.63) is 58.7 Å². The number of thiazole rings is 2. The van der Waals surface area contributed by atoms with Crippen molar-refractivity contribution in [1.82, 2.24) is 15.0 Å². The van der Waals surface area contributed by atoms with Gasteiger partial charge in [-0.1, -0.05) is 6.07 Å². The lowest BCUT2D eigenvalue weighted by Crippen LogP contribution is -2.14. The lowest BCUT2D eigenvalue weighted by atomic mass is 10.2. The summed E-state index contributed by atoms with van der Waals surface area (Å²) in [7, 11) is 0. The Balaban J connectivity index is 1.39. The maximum Gasteiger partial charge on any atom is 0.230 e. The van der Waals surface area contributed by atoms with Crippen molar-refractivity contribution in [2.24, 2.45) is 0 Å². The second-order valence-corrected chi connectivity index (χ2v) is 7.72. The van der Waals surface area contributed by atoms with E-state index < -0.39 is 0 Å². The van der Waals surface area contributed by atoms with Crippen LogP contribution in [0.25, 0.3) is 10.2 Å². The Morgan fingerprint density at radius 2 is 2.12 bits per heavy atom. The van der Waals surface area contributed by atoms with Gasteiger partial charge in [0.25, 0.3) is 0 Å². The molecule has 3 aromatic heterocycles. The highest BCUT2D eigenvalue weighted by Crippen LogP contribution is 2.25. The molecule has 0 aliphatic rings. The Bertz CT molecular complexity index is 1060. The highest BCUT2D eigenvalue weighted by Gasteiger charge is 2.10. The summed E-state index contributed by atoms with van der Waals surface area (Å²) in [5.41, 5.74) is 2.37. The fourth-order valence-corrected chi connectivity index (χ4v) is 4.01. The van der Waals surface area contributed by atoms with Crippen molar-refractivity contribution >= 4 is 55.4 Å². The smallest absolute Gasteiger partial charge is 0.230 e. The van der Waals surface area contributed by atoms with E-state index >= 15 is 0 Å². The summed E-state index contributed by atoms with van der Waals surface area (Å²) in [6.45, 7) is 1.97. The van der Waals surface area contributed by atoms with Crippen LogP contribution in [0.15, 0.2) is 48.0 Å². The molecule has 130 valence electrons. The molecule has 0 spiro atoms. The van der Waals surface area contributed by atoms with Crippen molar-refractivity contribution < 1.29 is 4.79 Å². The Kier molecular flexibility index (Phi) is 4.59. The van der Waals surface area contributed by atoms with Crippen LogP contribution in [0.2, 0.25) is 0 Å². The number of hydrogen-bond donors (Lipinski definition) is 2. The number of aryl methyl sites for hydroxylation is 1. The molecule has 2 N–H and O–H groups in total. The van der Waals surface area contributed by atoms with Gasteiger partial charge in [0.15, 0.2) is 5.13 Å². The number of carbonyl (C=O) groups is 1. The van der Waals surface area contributed by atoms with Gasteiger partial charge >= 0.3 is 0 Å². The molecule has 26 heavy (non-hydrogen) atoms. The number of aromatic nitrogens is 3. The molecule has 3 heterocycles. The van der Waals surface area contributed by atoms with Crippen molar-refractivity contribution in [3.8, 4) is 0 Å². The van der Waals surface area contributed by atoms with E-state index in [1.165, 1.54) is 11.3 Å². The van der Waals surface area contributed by atoms with Crippen LogP contribution in [0, 0.1) is 6.92 Å². The molecule has 8 heteroatoms. The third kappa shape index (κ3) is 3.87. The average molecular weight is 381 g/mol. The molecule has 0 fully saturated rings. The van der Waals surface area contributed by atoms with E-state index in [0.29, 0.717) is 5.13 Å². The van der Waals surface area contributed by atoms with Gasteiger partial charge in [0.05, 0.1) is 27.3 Å². The summed E-state index contributed by atoms with van der Waals surface area (Å²) in [4.78, 5) is 25.4. The number of nitrogens with zero attached hydrogens (tertiary/aromatic N) is 3. The Morgan fingerprint density at radius 1 is 1.19 bits per heavy atom. The van der Waals surface area contributed by atoms with Gasteiger partial charge in [-0.3, -0.25) is 4.79 Å². The molecule has 4 aromatic rings. The van der Waals surface area contributed by atoms with Crippen molar-refractivity contribution in [1.29, 1.82) is 0 Å². The number of pyridine rings is 1. The minimum Gasteiger partial charge on any atom is -0.326 e. The molecule has 6 nitrogen and oxygen atoms in total. The van der Waals surface area contributed by atoms with Gasteiger partial charge in [-0.2, -0.15) is 0 Å². The first-order valence-corrected chi connectivity index (χ1v) is 9.65. The third-order valence-electron chi connectivity index (χ3n) is 3.57. The zero-order valence-corrected chi connectivity index (χ0v) is 15.5. The summed E-state index contributed by atoms with van der Waals surface area (Å²) < 4.78 is 1.12. The molecule has 4 rings (SSSR count). The zero-order valence-electron chi connectivity index (χ0n) is 13.9. The first-order valence-electron chi connectivity index (χ1n) is 7.95. The Labute approximate surface area is 158 Å². The molecular formula is C18H15N5OS2. The predicted molar refractivity (Wildman–Crippen MR) is 106 cm³/mol. The Morgan fingerprint density at radius 3 is 2.96 bits per heavy atom. The first-order chi connectivity index (χ1) is 12.7. The second kappa shape index (κ2) is 7.19. The number of amides is 1. The van der Waals surface area contributed by atoms with E-state index in [4.69, 9.17) is 0 Å². The van der Waals surface area contributed by atoms with Crippen LogP contribution in [-0.4, -0.2) is 20.9 Å². The number of nitrogens with one attached hydrogen (secondary N) is 2. The number of benzene rings is 1. The first kappa shape index (κ1) is 16.6. The molecule has 1 aromatic carbocycles. The standard InChI is InChI=1S/C18H15N5OS2/c1-11-20-14-8-12(5-6-15(14)26-11)21-17(24)9-13-10-25-18(22-13)23-16-4-2-3-7-19-16/h2-8,10H,9H2,1H3,(H,21,24)(H,19,22,23). The van der Waals surface area contributed by atoms with Gasteiger partial charge in [0.2, 0.25) is 5.91 Å². The maximum atomic E-state index is 12.3. The maximum absolute atomic E-state index is 12.3. The van der Waals surface area contributed by atoms with Gasteiger partial charge in [-0.15, -0.1) is 22.7 Å². The fourth-order valence-electron chi connectivity index (χ4n) is 2.48. The molecule has 0 radical (unpaired) electrons. The number of rotatable bonds is 5. The molecule has 1 amide bonds. The normalized spacial score (nSPS) is 10.8. The second-order valence-electron chi connectivity index (χ2n) is 5.62. The summed E-state index contributed by atoms with van der Waals surface area (Å²) in [5, 5.41) is 9.63. The van der Waals surface area contributed by atoms with Crippen molar-refractivity contribution in [2.75, 3.05) is 10.6 Å². The number of hydrogen-bond acceptors (Lipinski definition) is 7. The van der Waals surface area contributed by atoms with E-state index in [0.717, 1.165) is 32.4 Å². The largest absolute Gasteiger partial charge is 0.326 e.